The van der Waals surface area contributed by atoms with E-state index in [1.54, 1.807) is 0 Å². The van der Waals surface area contributed by atoms with Crippen LogP contribution in [0.3, 0.4) is 0 Å². The third-order valence-electron chi connectivity index (χ3n) is 5.21. The second-order valence-electron chi connectivity index (χ2n) is 9.85. The molecule has 8 heteroatoms. The Labute approximate surface area is 212 Å². The highest BCUT2D eigenvalue weighted by atomic mass is 32.3. The summed E-state index contributed by atoms with van der Waals surface area (Å²) in [6.45, 7) is 5.96. The van der Waals surface area contributed by atoms with Crippen molar-refractivity contribution in [3.05, 3.63) is 72.8 Å². The van der Waals surface area contributed by atoms with Crippen molar-refractivity contribution in [3.63, 3.8) is 0 Å². The standard InChI is InChI=1S/C27H36N2O4S2/c1-27(2,3)32-23-10-9-11-26(20-23)35(33-34(8,30)31,24-16-12-21(13-17-24)28(4)5)25-18-14-22(15-19-25)29(6)7/h9-20H,1-8H3/p+1. The van der Waals surface area contributed by atoms with Gasteiger partial charge in [-0.1, -0.05) is 6.07 Å². The summed E-state index contributed by atoms with van der Waals surface area (Å²) in [6.07, 6.45) is 1.16. The van der Waals surface area contributed by atoms with Gasteiger partial charge in [0.2, 0.25) is 0 Å². The number of hydrogen-bond acceptors (Lipinski definition) is 5. The molecule has 0 aliphatic rings. The fourth-order valence-electron chi connectivity index (χ4n) is 3.70. The summed E-state index contributed by atoms with van der Waals surface area (Å²) in [5.41, 5.74) is 1.65. The minimum atomic E-state index is -3.73. The zero-order valence-electron chi connectivity index (χ0n) is 21.8. The third kappa shape index (κ3) is 6.51. The number of nitrogens with zero attached hydrogens (tertiary/aromatic N) is 2. The Hall–Kier alpha value is -2.68. The SMILES string of the molecule is CN(C)c1ccc(S([OH+]S(C)(=O)=O)(c2ccc(N(C)C)cc2)c2cccc(OC(C)(C)C)c2)cc1. The molecule has 0 aromatic heterocycles. The quantitative estimate of drug-likeness (QED) is 0.261. The molecule has 0 amide bonds. The molecule has 190 valence electrons. The monoisotopic (exact) mass is 517 g/mol. The van der Waals surface area contributed by atoms with Crippen LogP contribution in [0.4, 0.5) is 11.4 Å². The lowest BCUT2D eigenvalue weighted by atomic mass is 10.2. The van der Waals surface area contributed by atoms with Gasteiger partial charge in [-0.2, -0.15) is 8.42 Å². The molecule has 0 atom stereocenters. The molecule has 3 aromatic rings. The van der Waals surface area contributed by atoms with Crippen molar-refractivity contribution in [3.8, 4) is 5.75 Å². The maximum Gasteiger partial charge on any atom is 0.387 e. The predicted molar refractivity (Wildman–Crippen MR) is 148 cm³/mol. The summed E-state index contributed by atoms with van der Waals surface area (Å²) in [5.74, 6) is 0.672. The lowest BCUT2D eigenvalue weighted by Crippen LogP contribution is -2.23. The van der Waals surface area contributed by atoms with Crippen LogP contribution in [0.1, 0.15) is 20.8 Å². The second-order valence-corrected chi connectivity index (χ2v) is 14.5. The van der Waals surface area contributed by atoms with E-state index >= 15 is 0 Å². The molecule has 0 fully saturated rings. The molecule has 1 N–H and O–H groups in total. The summed E-state index contributed by atoms with van der Waals surface area (Å²) >= 11 is 0. The van der Waals surface area contributed by atoms with E-state index in [1.807, 2.05) is 132 Å². The fraction of sp³-hybridized carbons (Fsp3) is 0.333. The van der Waals surface area contributed by atoms with Gasteiger partial charge in [-0.3, -0.25) is 3.63 Å². The number of anilines is 2. The molecule has 35 heavy (non-hydrogen) atoms. The first-order valence-electron chi connectivity index (χ1n) is 11.3. The van der Waals surface area contributed by atoms with E-state index in [4.69, 9.17) is 4.74 Å². The smallest absolute Gasteiger partial charge is 0.387 e. The number of benzene rings is 3. The molecule has 3 aromatic carbocycles. The van der Waals surface area contributed by atoms with Gasteiger partial charge >= 0.3 is 10.1 Å². The predicted octanol–water partition coefficient (Wildman–Crippen LogP) is 6.25. The van der Waals surface area contributed by atoms with Crippen LogP contribution in [0.2, 0.25) is 0 Å². The molecular weight excluding hydrogens is 480 g/mol. The minimum Gasteiger partial charge on any atom is -0.488 e. The molecular formula is C27H37N2O4S2+. The Morgan fingerprint density at radius 2 is 1.17 bits per heavy atom. The molecule has 0 aliphatic heterocycles. The molecule has 0 spiro atoms. The number of rotatable bonds is 8. The lowest BCUT2D eigenvalue weighted by Gasteiger charge is -2.35. The summed E-state index contributed by atoms with van der Waals surface area (Å²) in [7, 11) is 1.64. The van der Waals surface area contributed by atoms with Gasteiger partial charge < -0.3 is 14.5 Å². The van der Waals surface area contributed by atoms with Crippen molar-refractivity contribution in [1.82, 2.24) is 0 Å². The Morgan fingerprint density at radius 3 is 1.54 bits per heavy atom. The largest absolute Gasteiger partial charge is 0.488 e. The lowest BCUT2D eigenvalue weighted by molar-refractivity contribution is 0.130. The van der Waals surface area contributed by atoms with Gasteiger partial charge in [-0.15, -0.1) is 0 Å². The van der Waals surface area contributed by atoms with E-state index in [0.29, 0.717) is 5.75 Å². The molecule has 3 rings (SSSR count). The maximum absolute atomic E-state index is 12.8. The molecule has 0 heterocycles. The van der Waals surface area contributed by atoms with E-state index in [9.17, 15) is 8.42 Å². The zero-order chi connectivity index (χ0) is 26.0. The highest BCUT2D eigenvalue weighted by molar-refractivity contribution is 8.32. The van der Waals surface area contributed by atoms with Gasteiger partial charge in [-0.25, -0.2) is 0 Å². The van der Waals surface area contributed by atoms with Gasteiger partial charge in [0.05, 0.1) is 25.0 Å². The van der Waals surface area contributed by atoms with E-state index < -0.39 is 26.0 Å². The van der Waals surface area contributed by atoms with E-state index in [-0.39, 0.29) is 0 Å². The first kappa shape index (κ1) is 26.9. The van der Waals surface area contributed by atoms with Crippen LogP contribution in [0.25, 0.3) is 0 Å². The summed E-state index contributed by atoms with van der Waals surface area (Å²) < 4.78 is 36.4. The minimum absolute atomic E-state index is 0.398. The molecule has 0 aliphatic carbocycles. The molecule has 0 saturated carbocycles. The van der Waals surface area contributed by atoms with Crippen LogP contribution in [0, 0.1) is 0 Å². The average molecular weight is 518 g/mol. The van der Waals surface area contributed by atoms with Crippen LogP contribution < -0.4 is 14.5 Å². The fourth-order valence-corrected chi connectivity index (χ4v) is 8.79. The average Bonchev–Trinajstić information content (AvgIpc) is 2.76. The van der Waals surface area contributed by atoms with Crippen LogP contribution in [0.5, 0.6) is 5.75 Å². The van der Waals surface area contributed by atoms with Gasteiger partial charge in [0.25, 0.3) is 0 Å². The van der Waals surface area contributed by atoms with E-state index in [1.165, 1.54) is 0 Å². The number of hydrogen-bond donors (Lipinski definition) is 0. The topological polar surface area (TPSA) is 62.7 Å². The van der Waals surface area contributed by atoms with Crippen LogP contribution in [0.15, 0.2) is 87.5 Å². The maximum atomic E-state index is 12.8. The Bertz CT molecular complexity index is 1200. The van der Waals surface area contributed by atoms with Gasteiger partial charge in [-0.05, 0) is 87.5 Å². The molecule has 0 unspecified atom stereocenters. The summed E-state index contributed by atoms with van der Waals surface area (Å²) in [4.78, 5) is 6.48. The molecule has 0 bridgehead atoms. The molecule has 0 saturated heterocycles. The Balaban J connectivity index is 2.35. The Kier molecular flexibility index (Phi) is 7.79. The van der Waals surface area contributed by atoms with Gasteiger partial charge in [0.15, 0.2) is 0 Å². The van der Waals surface area contributed by atoms with Crippen LogP contribution in [-0.4, -0.2) is 52.1 Å². The van der Waals surface area contributed by atoms with Crippen molar-refractivity contribution in [2.45, 2.75) is 41.1 Å². The van der Waals surface area contributed by atoms with Crippen LogP contribution in [-0.2, 0) is 10.1 Å². The highest BCUT2D eigenvalue weighted by Gasteiger charge is 2.42. The molecule has 6 nitrogen and oxygen atoms in total. The normalized spacial score (nSPS) is 12.8. The van der Waals surface area contributed by atoms with Gasteiger partial charge in [0, 0.05) is 39.6 Å². The highest BCUT2D eigenvalue weighted by Crippen LogP contribution is 2.68. The Morgan fingerprint density at radius 1 is 0.714 bits per heavy atom. The van der Waals surface area contributed by atoms with Crippen molar-refractivity contribution in [2.75, 3.05) is 44.2 Å². The van der Waals surface area contributed by atoms with E-state index in [2.05, 4.69) is 3.63 Å². The van der Waals surface area contributed by atoms with Crippen molar-refractivity contribution >= 4 is 31.8 Å². The van der Waals surface area contributed by atoms with Gasteiger partial charge in [0.1, 0.15) is 17.6 Å². The van der Waals surface area contributed by atoms with Crippen molar-refractivity contribution in [2.24, 2.45) is 0 Å². The summed E-state index contributed by atoms with van der Waals surface area (Å²) in [5, 5.41) is 0. The zero-order valence-corrected chi connectivity index (χ0v) is 23.4. The summed E-state index contributed by atoms with van der Waals surface area (Å²) in [6, 6.07) is 23.6. The van der Waals surface area contributed by atoms with Crippen molar-refractivity contribution < 1.29 is 16.8 Å². The second kappa shape index (κ2) is 10.1. The first-order valence-corrected chi connectivity index (χ1v) is 14.8. The third-order valence-corrected chi connectivity index (χ3v) is 10.0. The number of ether oxygens (including phenoxy) is 1. The van der Waals surface area contributed by atoms with Crippen molar-refractivity contribution in [1.29, 1.82) is 0 Å². The first-order chi connectivity index (χ1) is 16.2. The van der Waals surface area contributed by atoms with Crippen LogP contribution >= 0.6 is 10.3 Å². The van der Waals surface area contributed by atoms with E-state index in [0.717, 1.165) is 32.3 Å². The molecule has 0 radical (unpaired) electrons.